The van der Waals surface area contributed by atoms with E-state index >= 15 is 0 Å². The molecule has 1 aliphatic carbocycles. The zero-order valence-corrected chi connectivity index (χ0v) is 9.22. The first-order valence-corrected chi connectivity index (χ1v) is 5.18. The van der Waals surface area contributed by atoms with Gasteiger partial charge in [-0.1, -0.05) is 35.3 Å². The summed E-state index contributed by atoms with van der Waals surface area (Å²) in [6, 6.07) is 5.16. The third-order valence-electron chi connectivity index (χ3n) is 2.76. The summed E-state index contributed by atoms with van der Waals surface area (Å²) in [5.74, 6) is -1.23. The van der Waals surface area contributed by atoms with Gasteiger partial charge in [-0.15, -0.1) is 0 Å². The van der Waals surface area contributed by atoms with Crippen molar-refractivity contribution in [3.8, 4) is 0 Å². The Morgan fingerprint density at radius 3 is 2.73 bits per heavy atom. The van der Waals surface area contributed by atoms with E-state index < -0.39 is 11.5 Å². The van der Waals surface area contributed by atoms with Gasteiger partial charge in [-0.2, -0.15) is 0 Å². The first kappa shape index (κ1) is 10.7. The molecule has 5 heteroatoms. The Morgan fingerprint density at radius 2 is 2.20 bits per heavy atom. The topological polar surface area (TPSA) is 63.3 Å². The van der Waals surface area contributed by atoms with Gasteiger partial charge in [-0.25, -0.2) is 0 Å². The smallest absolute Gasteiger partial charge is 0.324 e. The summed E-state index contributed by atoms with van der Waals surface area (Å²) in [5, 5.41) is 9.73. The second-order valence-corrected chi connectivity index (χ2v) is 4.53. The van der Waals surface area contributed by atoms with Crippen LogP contribution in [0.4, 0.5) is 0 Å². The number of aliphatic carboxylic acids is 1. The van der Waals surface area contributed by atoms with E-state index in [1.807, 2.05) is 0 Å². The van der Waals surface area contributed by atoms with Crippen molar-refractivity contribution in [2.45, 2.75) is 17.9 Å². The van der Waals surface area contributed by atoms with E-state index in [9.17, 15) is 4.79 Å². The number of halogens is 2. The third-order valence-corrected chi connectivity index (χ3v) is 3.59. The molecule has 15 heavy (non-hydrogen) atoms. The standard InChI is InChI=1S/C10H9Cl2NO2/c11-7-3-1-2-5(8(7)12)6-4-10(6,13)9(14)15/h1-3,6H,4,13H2,(H,14,15)/t6-,10+/m0/s1. The highest BCUT2D eigenvalue weighted by molar-refractivity contribution is 6.42. The van der Waals surface area contributed by atoms with Crippen molar-refractivity contribution in [1.82, 2.24) is 0 Å². The summed E-state index contributed by atoms with van der Waals surface area (Å²) in [5.41, 5.74) is 5.23. The molecule has 0 radical (unpaired) electrons. The minimum Gasteiger partial charge on any atom is -0.480 e. The van der Waals surface area contributed by atoms with E-state index in [1.165, 1.54) is 0 Å². The highest BCUT2D eigenvalue weighted by Gasteiger charge is 2.58. The molecule has 0 spiro atoms. The van der Waals surface area contributed by atoms with Crippen LogP contribution in [0, 0.1) is 0 Å². The van der Waals surface area contributed by atoms with Crippen molar-refractivity contribution in [2.75, 3.05) is 0 Å². The molecule has 1 aromatic carbocycles. The van der Waals surface area contributed by atoms with Crippen molar-refractivity contribution in [3.05, 3.63) is 33.8 Å². The van der Waals surface area contributed by atoms with E-state index in [1.54, 1.807) is 18.2 Å². The summed E-state index contributed by atoms with van der Waals surface area (Å²) in [4.78, 5) is 10.9. The minimum absolute atomic E-state index is 0.235. The first-order chi connectivity index (χ1) is 6.97. The molecule has 3 nitrogen and oxygen atoms in total. The molecule has 1 aromatic rings. The fraction of sp³-hybridized carbons (Fsp3) is 0.300. The summed E-state index contributed by atoms with van der Waals surface area (Å²) in [7, 11) is 0. The van der Waals surface area contributed by atoms with Crippen molar-refractivity contribution in [3.63, 3.8) is 0 Å². The van der Waals surface area contributed by atoms with Gasteiger partial charge < -0.3 is 10.8 Å². The van der Waals surface area contributed by atoms with Gasteiger partial charge in [0.2, 0.25) is 0 Å². The molecule has 1 aliphatic rings. The highest BCUT2D eigenvalue weighted by Crippen LogP contribution is 2.52. The predicted octanol–water partition coefficient (Wildman–Crippen LogP) is 2.26. The van der Waals surface area contributed by atoms with E-state index in [2.05, 4.69) is 0 Å². The lowest BCUT2D eigenvalue weighted by atomic mass is 10.1. The maximum atomic E-state index is 10.9. The van der Waals surface area contributed by atoms with E-state index in [4.69, 9.17) is 34.0 Å². The van der Waals surface area contributed by atoms with Crippen LogP contribution in [-0.4, -0.2) is 16.6 Å². The summed E-state index contributed by atoms with van der Waals surface area (Å²) in [6.07, 6.45) is 0.405. The molecule has 0 bridgehead atoms. The average molecular weight is 246 g/mol. The van der Waals surface area contributed by atoms with E-state index in [-0.39, 0.29) is 5.92 Å². The van der Waals surface area contributed by atoms with E-state index in [0.717, 1.165) is 0 Å². The van der Waals surface area contributed by atoms with Crippen LogP contribution in [0.2, 0.25) is 10.0 Å². The normalized spacial score (nSPS) is 28.9. The van der Waals surface area contributed by atoms with Crippen LogP contribution in [0.15, 0.2) is 18.2 Å². The zero-order chi connectivity index (χ0) is 11.2. The first-order valence-electron chi connectivity index (χ1n) is 4.43. The SMILES string of the molecule is N[C@]1(C(=O)O)C[C@H]1c1cccc(Cl)c1Cl. The molecular formula is C10H9Cl2NO2. The number of nitrogens with two attached hydrogens (primary N) is 1. The summed E-state index contributed by atoms with van der Waals surface area (Å²) < 4.78 is 0. The average Bonchev–Trinajstić information content (AvgIpc) is 2.84. The van der Waals surface area contributed by atoms with Crippen molar-refractivity contribution in [2.24, 2.45) is 5.73 Å². The largest absolute Gasteiger partial charge is 0.480 e. The number of carboxylic acids is 1. The van der Waals surface area contributed by atoms with Gasteiger partial charge in [0, 0.05) is 5.92 Å². The van der Waals surface area contributed by atoms with E-state index in [0.29, 0.717) is 22.0 Å². The Bertz CT molecular complexity index is 435. The van der Waals surface area contributed by atoms with Crippen LogP contribution in [0.1, 0.15) is 17.9 Å². The molecule has 80 valence electrons. The van der Waals surface area contributed by atoms with Crippen LogP contribution in [0.25, 0.3) is 0 Å². The van der Waals surface area contributed by atoms with Crippen molar-refractivity contribution < 1.29 is 9.90 Å². The van der Waals surface area contributed by atoms with Gasteiger partial charge in [-0.05, 0) is 18.1 Å². The number of hydrogen-bond acceptors (Lipinski definition) is 2. The lowest BCUT2D eigenvalue weighted by molar-refractivity contribution is -0.139. The van der Waals surface area contributed by atoms with Gasteiger partial charge in [0.05, 0.1) is 10.0 Å². The fourth-order valence-corrected chi connectivity index (χ4v) is 2.13. The second-order valence-electron chi connectivity index (χ2n) is 3.75. The molecule has 0 amide bonds. The lowest BCUT2D eigenvalue weighted by Gasteiger charge is -2.08. The van der Waals surface area contributed by atoms with Gasteiger partial charge in [0.25, 0.3) is 0 Å². The molecule has 0 saturated heterocycles. The molecule has 1 fully saturated rings. The molecule has 1 saturated carbocycles. The molecule has 0 unspecified atom stereocenters. The molecule has 0 heterocycles. The summed E-state index contributed by atoms with van der Waals surface area (Å²) >= 11 is 11.8. The quantitative estimate of drug-likeness (QED) is 0.841. The van der Waals surface area contributed by atoms with Crippen LogP contribution < -0.4 is 5.73 Å². The van der Waals surface area contributed by atoms with Crippen LogP contribution in [0.5, 0.6) is 0 Å². The number of benzene rings is 1. The predicted molar refractivity (Wildman–Crippen MR) is 58.4 cm³/mol. The second kappa shape index (κ2) is 3.37. The lowest BCUT2D eigenvalue weighted by Crippen LogP contribution is -2.34. The Labute approximate surface area is 96.8 Å². The number of carbonyl (C=O) groups is 1. The number of rotatable bonds is 2. The molecule has 3 N–H and O–H groups in total. The minimum atomic E-state index is -1.17. The molecule has 0 aliphatic heterocycles. The Hall–Kier alpha value is -0.770. The van der Waals surface area contributed by atoms with Gasteiger partial charge in [0.15, 0.2) is 0 Å². The maximum absolute atomic E-state index is 10.9. The summed E-state index contributed by atoms with van der Waals surface area (Å²) in [6.45, 7) is 0. The molecule has 0 aromatic heterocycles. The zero-order valence-electron chi connectivity index (χ0n) is 7.71. The number of carboxylic acid groups (broad SMARTS) is 1. The Balaban J connectivity index is 2.35. The van der Waals surface area contributed by atoms with Crippen molar-refractivity contribution >= 4 is 29.2 Å². The van der Waals surface area contributed by atoms with Gasteiger partial charge >= 0.3 is 5.97 Å². The van der Waals surface area contributed by atoms with Crippen LogP contribution in [-0.2, 0) is 4.79 Å². The highest BCUT2D eigenvalue weighted by atomic mass is 35.5. The van der Waals surface area contributed by atoms with Crippen LogP contribution >= 0.6 is 23.2 Å². The maximum Gasteiger partial charge on any atom is 0.324 e. The van der Waals surface area contributed by atoms with Gasteiger partial charge in [-0.3, -0.25) is 4.79 Å². The van der Waals surface area contributed by atoms with Gasteiger partial charge in [0.1, 0.15) is 5.54 Å². The number of hydrogen-bond donors (Lipinski definition) is 2. The van der Waals surface area contributed by atoms with Crippen molar-refractivity contribution in [1.29, 1.82) is 0 Å². The Kier molecular flexibility index (Phi) is 2.41. The third kappa shape index (κ3) is 1.61. The molecule has 2 atom stereocenters. The monoisotopic (exact) mass is 245 g/mol. The molecule has 2 rings (SSSR count). The fourth-order valence-electron chi connectivity index (χ4n) is 1.69. The Morgan fingerprint density at radius 1 is 1.53 bits per heavy atom. The van der Waals surface area contributed by atoms with Crippen LogP contribution in [0.3, 0.4) is 0 Å². The molecular weight excluding hydrogens is 237 g/mol.